The van der Waals surface area contributed by atoms with E-state index in [2.05, 4.69) is 34.6 Å². The van der Waals surface area contributed by atoms with Gasteiger partial charge in [0.05, 0.1) is 57.5 Å². The van der Waals surface area contributed by atoms with Gasteiger partial charge in [0.1, 0.15) is 91.6 Å². The van der Waals surface area contributed by atoms with Crippen molar-refractivity contribution in [3.05, 3.63) is 11.6 Å². The monoisotopic (exact) mass is 1120 g/mol. The fourth-order valence-electron chi connectivity index (χ4n) is 16.8. The van der Waals surface area contributed by atoms with Gasteiger partial charge in [-0.1, -0.05) is 53.2 Å². The summed E-state index contributed by atoms with van der Waals surface area (Å²) in [4.78, 5) is 0. The number of hydrogen-bond donors (Lipinski definition) is 16. The Bertz CT molecular complexity index is 2100. The van der Waals surface area contributed by atoms with Crippen LogP contribution in [0.5, 0.6) is 0 Å². The highest BCUT2D eigenvalue weighted by Gasteiger charge is 2.73. The summed E-state index contributed by atoms with van der Waals surface area (Å²) in [5, 5.41) is 176. The van der Waals surface area contributed by atoms with Crippen LogP contribution in [0.1, 0.15) is 99.8 Å². The Morgan fingerprint density at radius 2 is 1.00 bits per heavy atom. The first kappa shape index (κ1) is 61.3. The van der Waals surface area contributed by atoms with Crippen LogP contribution in [0.2, 0.25) is 0 Å². The van der Waals surface area contributed by atoms with Crippen LogP contribution in [-0.2, 0) is 37.9 Å². The van der Waals surface area contributed by atoms with Gasteiger partial charge >= 0.3 is 0 Å². The number of aliphatic hydroxyl groups is 16. The van der Waals surface area contributed by atoms with E-state index < -0.39 is 201 Å². The summed E-state index contributed by atoms with van der Waals surface area (Å²) in [5.74, 6) is -1.10. The van der Waals surface area contributed by atoms with Gasteiger partial charge in [-0.3, -0.25) is 0 Å². The Balaban J connectivity index is 1.05. The lowest BCUT2D eigenvalue weighted by molar-refractivity contribution is -0.398. The van der Waals surface area contributed by atoms with Crippen molar-refractivity contribution in [2.75, 3.05) is 33.0 Å². The van der Waals surface area contributed by atoms with Crippen LogP contribution in [0, 0.1) is 50.2 Å². The van der Waals surface area contributed by atoms with E-state index in [1.54, 1.807) is 0 Å². The summed E-state index contributed by atoms with van der Waals surface area (Å²) in [6.45, 7) is 11.3. The lowest BCUT2D eigenvalue weighted by Gasteiger charge is -2.73. The van der Waals surface area contributed by atoms with E-state index in [4.69, 9.17) is 37.9 Å². The van der Waals surface area contributed by atoms with E-state index >= 15 is 0 Å². The largest absolute Gasteiger partial charge is 0.396 e. The number of allylic oxidation sites excluding steroid dienone is 1. The topological polar surface area (TPSA) is 398 Å². The second kappa shape index (κ2) is 22.3. The van der Waals surface area contributed by atoms with E-state index in [1.165, 1.54) is 6.92 Å². The van der Waals surface area contributed by atoms with E-state index in [0.717, 1.165) is 12.0 Å². The van der Waals surface area contributed by atoms with Crippen LogP contribution >= 0.6 is 0 Å². The molecule has 0 radical (unpaired) electrons. The Morgan fingerprint density at radius 3 is 1.50 bits per heavy atom. The van der Waals surface area contributed by atoms with Crippen molar-refractivity contribution in [3.63, 3.8) is 0 Å². The Hall–Kier alpha value is -1.22. The first-order valence-electron chi connectivity index (χ1n) is 28.1. The Morgan fingerprint density at radius 1 is 0.500 bits per heavy atom. The first-order chi connectivity index (χ1) is 36.6. The zero-order valence-electron chi connectivity index (χ0n) is 45.7. The fraction of sp³-hybridized carbons (Fsp3) is 0.963. The molecule has 4 saturated carbocycles. The molecule has 31 atom stereocenters. The molecule has 16 N–H and O–H groups in total. The zero-order chi connectivity index (χ0) is 57.1. The molecular formula is C54H90O24. The maximum absolute atomic E-state index is 12.9. The first-order valence-corrected chi connectivity index (χ1v) is 28.1. The molecule has 0 amide bonds. The summed E-state index contributed by atoms with van der Waals surface area (Å²) in [6, 6.07) is 0. The lowest BCUT2D eigenvalue weighted by Crippen LogP contribution is -2.71. The average molecular weight is 1120 g/mol. The van der Waals surface area contributed by atoms with Crippen molar-refractivity contribution < 1.29 is 120 Å². The zero-order valence-corrected chi connectivity index (χ0v) is 45.7. The predicted octanol–water partition coefficient (Wildman–Crippen LogP) is -3.62. The molecule has 0 unspecified atom stereocenters. The van der Waals surface area contributed by atoms with Crippen molar-refractivity contribution in [1.82, 2.24) is 0 Å². The molecule has 4 heterocycles. The van der Waals surface area contributed by atoms with Crippen LogP contribution in [0.3, 0.4) is 0 Å². The van der Waals surface area contributed by atoms with Gasteiger partial charge < -0.3 is 120 Å². The fourth-order valence-corrected chi connectivity index (χ4v) is 16.8. The molecule has 78 heavy (non-hydrogen) atoms. The molecule has 4 saturated heterocycles. The van der Waals surface area contributed by atoms with Crippen molar-refractivity contribution in [2.45, 2.75) is 241 Å². The molecule has 9 rings (SSSR count). The summed E-state index contributed by atoms with van der Waals surface area (Å²) < 4.78 is 50.0. The molecule has 24 heteroatoms. The maximum Gasteiger partial charge on any atom is 0.187 e. The van der Waals surface area contributed by atoms with Gasteiger partial charge in [-0.05, 0) is 91.8 Å². The number of rotatable bonds is 13. The number of aliphatic hydroxyl groups excluding tert-OH is 16. The van der Waals surface area contributed by atoms with E-state index in [1.807, 2.05) is 13.0 Å². The molecule has 4 aliphatic heterocycles. The molecule has 24 nitrogen and oxygen atoms in total. The summed E-state index contributed by atoms with van der Waals surface area (Å²) in [7, 11) is 0. The third kappa shape index (κ3) is 9.71. The van der Waals surface area contributed by atoms with Crippen LogP contribution in [0.25, 0.3) is 0 Å². The van der Waals surface area contributed by atoms with Crippen molar-refractivity contribution in [2.24, 2.45) is 50.2 Å². The third-order valence-corrected chi connectivity index (χ3v) is 21.7. The minimum Gasteiger partial charge on any atom is -0.396 e. The van der Waals surface area contributed by atoms with Gasteiger partial charge in [-0.25, -0.2) is 0 Å². The van der Waals surface area contributed by atoms with Gasteiger partial charge in [0, 0.05) is 16.7 Å². The molecule has 0 spiro atoms. The molecule has 0 aromatic heterocycles. The highest BCUT2D eigenvalue weighted by molar-refractivity contribution is 5.37. The third-order valence-electron chi connectivity index (χ3n) is 21.7. The predicted molar refractivity (Wildman–Crippen MR) is 265 cm³/mol. The van der Waals surface area contributed by atoms with Gasteiger partial charge in [0.15, 0.2) is 25.2 Å². The minimum absolute atomic E-state index is 0.174. The number of hydrogen-bond acceptors (Lipinski definition) is 24. The Kier molecular flexibility index (Phi) is 17.6. The molecule has 0 aromatic rings. The van der Waals surface area contributed by atoms with Gasteiger partial charge in [0.25, 0.3) is 0 Å². The molecule has 450 valence electrons. The lowest BCUT2D eigenvalue weighted by atomic mass is 9.32. The van der Waals surface area contributed by atoms with Crippen LogP contribution in [-0.4, -0.2) is 256 Å². The highest BCUT2D eigenvalue weighted by Crippen LogP contribution is 2.76. The molecule has 0 aromatic carbocycles. The van der Waals surface area contributed by atoms with Gasteiger partial charge in [-0.2, -0.15) is 0 Å². The molecule has 0 bridgehead atoms. The Labute approximate surface area is 454 Å². The van der Waals surface area contributed by atoms with Crippen LogP contribution < -0.4 is 0 Å². The van der Waals surface area contributed by atoms with E-state index in [9.17, 15) is 81.7 Å². The van der Waals surface area contributed by atoms with Crippen molar-refractivity contribution in [1.29, 1.82) is 0 Å². The minimum atomic E-state index is -1.95. The number of ether oxygens (including phenoxy) is 8. The summed E-state index contributed by atoms with van der Waals surface area (Å²) in [6.07, 6.45) is -29.7. The van der Waals surface area contributed by atoms with Crippen LogP contribution in [0.15, 0.2) is 11.6 Å². The molecule has 9 aliphatic rings. The summed E-state index contributed by atoms with van der Waals surface area (Å²) in [5.41, 5.74) is -3.27. The van der Waals surface area contributed by atoms with Crippen LogP contribution in [0.4, 0.5) is 0 Å². The van der Waals surface area contributed by atoms with E-state index in [-0.39, 0.29) is 30.3 Å². The smallest absolute Gasteiger partial charge is 0.187 e. The number of fused-ring (bicyclic) bond motifs is 7. The van der Waals surface area contributed by atoms with Crippen molar-refractivity contribution >= 4 is 0 Å². The van der Waals surface area contributed by atoms with Crippen molar-refractivity contribution in [3.8, 4) is 0 Å². The van der Waals surface area contributed by atoms with Gasteiger partial charge in [-0.15, -0.1) is 0 Å². The summed E-state index contributed by atoms with van der Waals surface area (Å²) >= 11 is 0. The standard InChI is InChI=1S/C54H90O24/c1-22-32(61)42(77-46-40(69)37(66)34(63)27(18-56)73-46)43(78-47-41(70)38(67)35(64)28(19-57)74-47)48(71-22)75-30-9-10-50(4)29(51(30,5)20-58)8-11-52(6)44(50)25(60)14-23-24-15-49(2,3)12-13-54(24,21-59)31(16-53(23,52)7)76-45-39(68)36(65)33(62)26(17-55)72-45/h14,22,24-48,55-70H,8-13,15-21H2,1-7H3/t22-,24-,25-,26-,27-,28-,29-,30+,31+,32+,33-,34-,35-,36+,37+,38+,39-,40-,41-,42+,43-,44-,45+,46+,47+,48+,50+,51+,52-,53-,54-/m1/s1. The average Bonchev–Trinajstić information content (AvgIpc) is 3.49. The normalized spacial score (nSPS) is 56.2. The molecule has 5 aliphatic carbocycles. The maximum atomic E-state index is 12.9. The quantitative estimate of drug-likeness (QED) is 0.0625. The molecule has 8 fully saturated rings. The second-order valence-corrected chi connectivity index (χ2v) is 26.4. The van der Waals surface area contributed by atoms with Gasteiger partial charge in [0.2, 0.25) is 0 Å². The second-order valence-electron chi connectivity index (χ2n) is 26.4. The highest BCUT2D eigenvalue weighted by atomic mass is 16.8. The van der Waals surface area contributed by atoms with E-state index in [0.29, 0.717) is 38.5 Å². The SMILES string of the molecule is C[C@H]1O[C@@H](O[C@H]2CC[C@@]3(C)[C@@H](CC[C@]4(C)[C@@H]3[C@H](O)C=C3[C@H]5CC(C)(C)CC[C@]5(CO)[C@@H](O[C@@H]5O[C@H](CO)[C@@H](O)[C@H](O)[C@H]5O)C[C@]34C)[C@]2(C)CO)[C@H](O[C@@H]2O[C@H](CO)[C@@H](O)[C@H](O)[C@H]2O)[C@@H](O[C@@H]2O[C@H](CO)[C@@H](O)[C@H](O)[C@H]2O)[C@H]1O. The molecular weight excluding hydrogens is 1030 g/mol.